The summed E-state index contributed by atoms with van der Waals surface area (Å²) in [5.74, 6) is 0.190. The van der Waals surface area contributed by atoms with E-state index in [1.807, 2.05) is 12.1 Å². The highest BCUT2D eigenvalue weighted by molar-refractivity contribution is 7.92. The number of anilines is 2. The van der Waals surface area contributed by atoms with Crippen LogP contribution < -0.4 is 14.4 Å². The lowest BCUT2D eigenvalue weighted by Gasteiger charge is -2.28. The molecule has 0 atom stereocenters. The van der Waals surface area contributed by atoms with E-state index in [-0.39, 0.29) is 16.4 Å². The Labute approximate surface area is 190 Å². The number of carbonyl (C=O) groups excluding carboxylic acids is 1. The quantitative estimate of drug-likeness (QED) is 0.706. The second-order valence-electron chi connectivity index (χ2n) is 8.42. The molecule has 0 aromatic heterocycles. The van der Waals surface area contributed by atoms with E-state index in [2.05, 4.69) is 9.62 Å². The summed E-state index contributed by atoms with van der Waals surface area (Å²) in [5.41, 5.74) is 1.87. The highest BCUT2D eigenvalue weighted by Gasteiger charge is 2.24. The molecule has 2 fully saturated rings. The standard InChI is InChI=1S/C24H31N3O4S/c1-31-23-13-12-21(18-22(23)24(28)27-16-6-3-7-17-27)32(29,30)25-19-8-10-20(11-9-19)26-14-4-2-5-15-26/h8-13,18,25H,2-7,14-17H2,1H3. The number of carbonyl (C=O) groups is 1. The van der Waals surface area contributed by atoms with Crippen molar-refractivity contribution < 1.29 is 17.9 Å². The molecule has 2 aliphatic rings. The molecule has 32 heavy (non-hydrogen) atoms. The molecule has 0 saturated carbocycles. The predicted octanol–water partition coefficient (Wildman–Crippen LogP) is 4.11. The average molecular weight is 458 g/mol. The van der Waals surface area contributed by atoms with E-state index in [4.69, 9.17) is 4.74 Å². The summed E-state index contributed by atoms with van der Waals surface area (Å²) in [6.07, 6.45) is 6.66. The molecule has 0 radical (unpaired) electrons. The van der Waals surface area contributed by atoms with Crippen LogP contribution in [0, 0.1) is 0 Å². The molecule has 8 heteroatoms. The maximum atomic E-state index is 13.1. The van der Waals surface area contributed by atoms with Crippen molar-refractivity contribution in [1.29, 1.82) is 0 Å². The number of nitrogens with zero attached hydrogens (tertiary/aromatic N) is 2. The van der Waals surface area contributed by atoms with E-state index < -0.39 is 10.0 Å². The summed E-state index contributed by atoms with van der Waals surface area (Å²) in [7, 11) is -2.37. The van der Waals surface area contributed by atoms with Gasteiger partial charge in [0.2, 0.25) is 0 Å². The largest absolute Gasteiger partial charge is 0.496 e. The fraction of sp³-hybridized carbons (Fsp3) is 0.458. The van der Waals surface area contributed by atoms with Crippen LogP contribution in [0.25, 0.3) is 0 Å². The van der Waals surface area contributed by atoms with Crippen LogP contribution in [0.1, 0.15) is 48.9 Å². The van der Waals surface area contributed by atoms with Crippen LogP contribution in [0.2, 0.25) is 0 Å². The van der Waals surface area contributed by atoms with Gasteiger partial charge in [0.1, 0.15) is 5.75 Å². The van der Waals surface area contributed by atoms with Gasteiger partial charge in [0.05, 0.1) is 17.6 Å². The Balaban J connectivity index is 1.53. The third-order valence-corrected chi connectivity index (χ3v) is 7.57. The van der Waals surface area contributed by atoms with Gasteiger partial charge in [0, 0.05) is 37.6 Å². The third kappa shape index (κ3) is 5.01. The van der Waals surface area contributed by atoms with Gasteiger partial charge in [-0.1, -0.05) is 0 Å². The second kappa shape index (κ2) is 9.81. The van der Waals surface area contributed by atoms with Gasteiger partial charge in [-0.05, 0) is 81.0 Å². The highest BCUT2D eigenvalue weighted by atomic mass is 32.2. The molecule has 0 bridgehead atoms. The molecular formula is C24H31N3O4S. The lowest BCUT2D eigenvalue weighted by molar-refractivity contribution is 0.0720. The zero-order valence-corrected chi connectivity index (χ0v) is 19.4. The third-order valence-electron chi connectivity index (χ3n) is 6.20. The van der Waals surface area contributed by atoms with Crippen molar-refractivity contribution in [2.24, 2.45) is 0 Å². The molecule has 2 heterocycles. The molecule has 4 rings (SSSR count). The van der Waals surface area contributed by atoms with Crippen molar-refractivity contribution in [3.63, 3.8) is 0 Å². The van der Waals surface area contributed by atoms with Crippen molar-refractivity contribution in [2.75, 3.05) is 42.9 Å². The molecule has 2 aromatic rings. The molecule has 2 saturated heterocycles. The molecule has 172 valence electrons. The summed E-state index contributed by atoms with van der Waals surface area (Å²) in [5, 5.41) is 0. The number of hydrogen-bond acceptors (Lipinski definition) is 5. The van der Waals surface area contributed by atoms with Gasteiger partial charge < -0.3 is 14.5 Å². The fourth-order valence-corrected chi connectivity index (χ4v) is 5.48. The van der Waals surface area contributed by atoms with Crippen molar-refractivity contribution >= 4 is 27.3 Å². The Bertz CT molecular complexity index is 1040. The lowest BCUT2D eigenvalue weighted by atomic mass is 10.1. The van der Waals surface area contributed by atoms with Gasteiger partial charge in [-0.2, -0.15) is 0 Å². The number of piperidine rings is 2. The van der Waals surface area contributed by atoms with Crippen molar-refractivity contribution in [3.8, 4) is 5.75 Å². The Morgan fingerprint density at radius 3 is 2.12 bits per heavy atom. The van der Waals surface area contributed by atoms with E-state index in [9.17, 15) is 13.2 Å². The predicted molar refractivity (Wildman–Crippen MR) is 126 cm³/mol. The topological polar surface area (TPSA) is 79.0 Å². The van der Waals surface area contributed by atoms with Crippen LogP contribution in [-0.4, -0.2) is 52.5 Å². The van der Waals surface area contributed by atoms with Crippen LogP contribution in [0.5, 0.6) is 5.75 Å². The monoisotopic (exact) mass is 457 g/mol. The summed E-state index contributed by atoms with van der Waals surface area (Å²) in [4.78, 5) is 17.2. The molecular weight excluding hydrogens is 426 g/mol. The summed E-state index contributed by atoms with van der Waals surface area (Å²) < 4.78 is 34.1. The van der Waals surface area contributed by atoms with E-state index >= 15 is 0 Å². The van der Waals surface area contributed by atoms with Gasteiger partial charge in [0.25, 0.3) is 15.9 Å². The first-order valence-corrected chi connectivity index (χ1v) is 12.8. The van der Waals surface area contributed by atoms with Crippen LogP contribution in [0.15, 0.2) is 47.4 Å². The van der Waals surface area contributed by atoms with Crippen molar-refractivity contribution in [2.45, 2.75) is 43.4 Å². The van der Waals surface area contributed by atoms with Gasteiger partial charge in [-0.3, -0.25) is 9.52 Å². The fourth-order valence-electron chi connectivity index (χ4n) is 4.40. The molecule has 1 N–H and O–H groups in total. The minimum absolute atomic E-state index is 0.0405. The Kier molecular flexibility index (Phi) is 6.89. The molecule has 0 spiro atoms. The number of amides is 1. The number of methoxy groups -OCH3 is 1. The number of rotatable bonds is 6. The highest BCUT2D eigenvalue weighted by Crippen LogP contribution is 2.27. The second-order valence-corrected chi connectivity index (χ2v) is 10.1. The van der Waals surface area contributed by atoms with Gasteiger partial charge in [0.15, 0.2) is 0 Å². The van der Waals surface area contributed by atoms with Crippen molar-refractivity contribution in [1.82, 2.24) is 4.90 Å². The number of sulfonamides is 1. The van der Waals surface area contributed by atoms with E-state index in [1.54, 1.807) is 23.1 Å². The summed E-state index contributed by atoms with van der Waals surface area (Å²) in [6, 6.07) is 11.9. The number of hydrogen-bond donors (Lipinski definition) is 1. The van der Waals surface area contributed by atoms with Gasteiger partial charge in [-0.15, -0.1) is 0 Å². The molecule has 7 nitrogen and oxygen atoms in total. The average Bonchev–Trinajstić information content (AvgIpc) is 2.84. The molecule has 0 unspecified atom stereocenters. The minimum Gasteiger partial charge on any atom is -0.496 e. The Morgan fingerprint density at radius 1 is 0.875 bits per heavy atom. The maximum absolute atomic E-state index is 13.1. The maximum Gasteiger partial charge on any atom is 0.261 e. The lowest BCUT2D eigenvalue weighted by Crippen LogP contribution is -2.35. The smallest absolute Gasteiger partial charge is 0.261 e. The normalized spacial score (nSPS) is 17.2. The molecule has 1 amide bonds. The zero-order valence-electron chi connectivity index (χ0n) is 18.5. The number of likely N-dealkylation sites (tertiary alicyclic amines) is 1. The van der Waals surface area contributed by atoms with E-state index in [0.717, 1.165) is 38.0 Å². The SMILES string of the molecule is COc1ccc(S(=O)(=O)Nc2ccc(N3CCCCC3)cc2)cc1C(=O)N1CCCCC1. The van der Waals surface area contributed by atoms with Gasteiger partial charge >= 0.3 is 0 Å². The Hall–Kier alpha value is -2.74. The van der Waals surface area contributed by atoms with Crippen molar-refractivity contribution in [3.05, 3.63) is 48.0 Å². The van der Waals surface area contributed by atoms with Gasteiger partial charge in [-0.25, -0.2) is 8.42 Å². The summed E-state index contributed by atoms with van der Waals surface area (Å²) >= 11 is 0. The van der Waals surface area contributed by atoms with Crippen LogP contribution >= 0.6 is 0 Å². The van der Waals surface area contributed by atoms with Crippen LogP contribution in [0.4, 0.5) is 11.4 Å². The minimum atomic E-state index is -3.85. The number of ether oxygens (including phenoxy) is 1. The first kappa shape index (κ1) is 22.5. The number of benzene rings is 2. The Morgan fingerprint density at radius 2 is 1.50 bits per heavy atom. The number of nitrogens with one attached hydrogen (secondary N) is 1. The molecule has 0 aliphatic carbocycles. The van der Waals surface area contributed by atoms with Crippen LogP contribution in [-0.2, 0) is 10.0 Å². The zero-order chi connectivity index (χ0) is 22.6. The van der Waals surface area contributed by atoms with E-state index in [1.165, 1.54) is 38.5 Å². The van der Waals surface area contributed by atoms with Crippen LogP contribution in [0.3, 0.4) is 0 Å². The van der Waals surface area contributed by atoms with E-state index in [0.29, 0.717) is 24.5 Å². The molecule has 2 aliphatic heterocycles. The molecule has 2 aromatic carbocycles. The first-order chi connectivity index (χ1) is 15.5. The first-order valence-electron chi connectivity index (χ1n) is 11.3. The summed E-state index contributed by atoms with van der Waals surface area (Å²) in [6.45, 7) is 3.43.